The first-order valence-electron chi connectivity index (χ1n) is 20.0. The summed E-state index contributed by atoms with van der Waals surface area (Å²) >= 11 is 11.7. The average molecular weight is 950 g/mol. The molecule has 63 heavy (non-hydrogen) atoms. The van der Waals surface area contributed by atoms with Crippen LogP contribution in [0.25, 0.3) is 0 Å². The smallest absolute Gasteiger partial charge is 0.545 e. The van der Waals surface area contributed by atoms with Crippen molar-refractivity contribution >= 4 is 58.5 Å². The van der Waals surface area contributed by atoms with Gasteiger partial charge in [0, 0.05) is 45.5 Å². The molecule has 342 valence electrons. The third-order valence-corrected chi connectivity index (χ3v) is 10.6. The molecule has 0 aromatic heterocycles. The molecule has 0 aliphatic heterocycles. The van der Waals surface area contributed by atoms with Gasteiger partial charge in [-0.25, -0.2) is 0 Å². The molecule has 6 N–H and O–H groups in total. The van der Waals surface area contributed by atoms with Gasteiger partial charge in [0.05, 0.1) is 46.2 Å². The molecular weight excluding hydrogens is 891 g/mol. The van der Waals surface area contributed by atoms with Gasteiger partial charge in [0.2, 0.25) is 0 Å². The number of phenols is 2. The molecule has 0 amide bonds. The number of phenolic OH excluding ortho intramolecular Hbond substituents is 2. The van der Waals surface area contributed by atoms with Crippen molar-refractivity contribution in [2.45, 2.75) is 130 Å². The molecule has 0 aliphatic carbocycles. The van der Waals surface area contributed by atoms with Crippen LogP contribution in [-0.2, 0) is 61.2 Å². The predicted molar refractivity (Wildman–Crippen MR) is 239 cm³/mol. The second-order valence-electron chi connectivity index (χ2n) is 19.2. The quantitative estimate of drug-likeness (QED) is 0.0510. The Bertz CT molecular complexity index is 2200. The molecular formula is C48H58Cl2FeN2O10. The molecule has 4 aromatic carbocycles. The summed E-state index contributed by atoms with van der Waals surface area (Å²) in [5.74, 6) is -3.27. The maximum atomic E-state index is 12.4. The largest absolute Gasteiger partial charge is 2.00 e. The summed E-state index contributed by atoms with van der Waals surface area (Å²) in [6.45, 7) is 22.6. The Kier molecular flexibility index (Phi) is 17.8. The molecule has 0 unspecified atom stereocenters. The normalized spacial score (nSPS) is 11.8. The number of halogens is 2. The fraction of sp³-hybridized carbons (Fsp3) is 0.417. The van der Waals surface area contributed by atoms with E-state index >= 15 is 0 Å². The van der Waals surface area contributed by atoms with Crippen molar-refractivity contribution in [1.82, 2.24) is 0 Å². The minimum absolute atomic E-state index is 0. The number of benzene rings is 4. The molecule has 12 nitrogen and oxygen atoms in total. The van der Waals surface area contributed by atoms with Crippen LogP contribution in [0, 0.1) is 0 Å². The number of esters is 2. The van der Waals surface area contributed by atoms with E-state index in [4.69, 9.17) is 44.1 Å². The van der Waals surface area contributed by atoms with Crippen molar-refractivity contribution in [3.8, 4) is 23.0 Å². The van der Waals surface area contributed by atoms with Crippen LogP contribution in [0.5, 0.6) is 23.0 Å². The average Bonchev–Trinajstić information content (AvgIpc) is 3.10. The standard InChI is InChI=1S/2C24H30ClNO5.Fe/c2*1-23(2,3)16-12-15(22(29)30)14(20(21(16)28)24(4,5)6)8-10-19(27)31-13-7-9-17(25)18(26)11-13;/h2*7,9,11-12,28H,8,10,26H2,1-6H3,(H,29,30);/q;;+2/p-2. The predicted octanol–water partition coefficient (Wildman–Crippen LogP) is 8.25. The summed E-state index contributed by atoms with van der Waals surface area (Å²) in [5, 5.41) is 46.7. The summed E-state index contributed by atoms with van der Waals surface area (Å²) in [6, 6.07) is 11.9. The molecule has 0 radical (unpaired) electrons. The summed E-state index contributed by atoms with van der Waals surface area (Å²) in [5.41, 5.74) is 12.6. The minimum Gasteiger partial charge on any atom is -0.545 e. The zero-order valence-electron chi connectivity index (χ0n) is 37.9. The SMILES string of the molecule is CC(C)(C)c1cc(C(=O)[O-])c(CCC(=O)Oc2ccc(Cl)c(N)c2)c(C(C)(C)C)c1O.CC(C)(C)c1cc(C(=O)[O-])c(CCC(=O)Oc2ccc(Cl)c(N)c2)c(C(C)(C)C)c1O.[Fe+2]. The van der Waals surface area contributed by atoms with Gasteiger partial charge < -0.3 is 51.0 Å². The van der Waals surface area contributed by atoms with E-state index in [1.165, 1.54) is 48.5 Å². The van der Waals surface area contributed by atoms with E-state index in [1.807, 2.05) is 83.1 Å². The number of rotatable bonds is 10. The molecule has 0 aliphatic rings. The molecule has 4 aromatic rings. The van der Waals surface area contributed by atoms with Crippen molar-refractivity contribution < 1.29 is 66.1 Å². The number of ether oxygens (including phenoxy) is 2. The molecule has 4 rings (SSSR count). The molecule has 0 bridgehead atoms. The van der Waals surface area contributed by atoms with E-state index in [-0.39, 0.29) is 88.3 Å². The number of carbonyl (C=O) groups excluding carboxylic acids is 4. The number of nitrogens with two attached hydrogens (primary N) is 2. The van der Waals surface area contributed by atoms with Gasteiger partial charge >= 0.3 is 29.0 Å². The molecule has 0 fully saturated rings. The Morgan fingerprint density at radius 2 is 0.857 bits per heavy atom. The molecule has 0 saturated heterocycles. The topological polar surface area (TPSA) is 225 Å². The van der Waals surface area contributed by atoms with Crippen LogP contribution in [0.3, 0.4) is 0 Å². The van der Waals surface area contributed by atoms with Crippen LogP contribution in [0.1, 0.15) is 150 Å². The van der Waals surface area contributed by atoms with Gasteiger partial charge in [-0.1, -0.05) is 106 Å². The van der Waals surface area contributed by atoms with Crippen LogP contribution in [0.15, 0.2) is 48.5 Å². The van der Waals surface area contributed by atoms with Gasteiger partial charge in [0.15, 0.2) is 0 Å². The first kappa shape index (κ1) is 54.2. The van der Waals surface area contributed by atoms with E-state index in [0.29, 0.717) is 43.4 Å². The van der Waals surface area contributed by atoms with Crippen molar-refractivity contribution in [3.63, 3.8) is 0 Å². The zero-order valence-corrected chi connectivity index (χ0v) is 40.5. The van der Waals surface area contributed by atoms with E-state index in [9.17, 15) is 39.6 Å². The summed E-state index contributed by atoms with van der Waals surface area (Å²) < 4.78 is 10.6. The van der Waals surface area contributed by atoms with E-state index < -0.39 is 45.5 Å². The van der Waals surface area contributed by atoms with Crippen LogP contribution in [0.4, 0.5) is 11.4 Å². The minimum atomic E-state index is -1.36. The number of hydrogen-bond donors (Lipinski definition) is 4. The number of hydrogen-bond acceptors (Lipinski definition) is 12. The van der Waals surface area contributed by atoms with Crippen molar-refractivity contribution in [2.24, 2.45) is 0 Å². The maximum Gasteiger partial charge on any atom is 2.00 e. The maximum absolute atomic E-state index is 12.4. The Morgan fingerprint density at radius 3 is 1.10 bits per heavy atom. The second-order valence-corrected chi connectivity index (χ2v) is 20.1. The monoisotopic (exact) mass is 948 g/mol. The first-order chi connectivity index (χ1) is 28.2. The van der Waals surface area contributed by atoms with Crippen LogP contribution in [-0.4, -0.2) is 34.1 Å². The summed E-state index contributed by atoms with van der Waals surface area (Å²) in [6.07, 6.45) is -0.0635. The Hall–Kier alpha value is -4.94. The van der Waals surface area contributed by atoms with Gasteiger partial charge in [-0.2, -0.15) is 0 Å². The molecule has 0 saturated carbocycles. The van der Waals surface area contributed by atoms with Gasteiger partial charge in [-0.05, 0) is 82.0 Å². The molecule has 0 spiro atoms. The Morgan fingerprint density at radius 1 is 0.556 bits per heavy atom. The van der Waals surface area contributed by atoms with Crippen molar-refractivity contribution in [1.29, 1.82) is 0 Å². The number of aromatic hydroxyl groups is 2. The summed E-state index contributed by atoms with van der Waals surface area (Å²) in [4.78, 5) is 48.7. The van der Waals surface area contributed by atoms with Crippen LogP contribution >= 0.6 is 23.2 Å². The van der Waals surface area contributed by atoms with Gasteiger partial charge in [-0.15, -0.1) is 0 Å². The molecule has 15 heteroatoms. The van der Waals surface area contributed by atoms with Gasteiger partial charge in [0.25, 0.3) is 0 Å². The number of nitrogen functional groups attached to an aromatic ring is 2. The van der Waals surface area contributed by atoms with E-state index in [1.54, 1.807) is 0 Å². The molecule has 0 heterocycles. The van der Waals surface area contributed by atoms with Gasteiger partial charge in [-0.3, -0.25) is 9.59 Å². The van der Waals surface area contributed by atoms with Crippen LogP contribution in [0.2, 0.25) is 10.0 Å². The van der Waals surface area contributed by atoms with E-state index in [2.05, 4.69) is 0 Å². The second kappa shape index (κ2) is 20.7. The third kappa shape index (κ3) is 14.0. The fourth-order valence-electron chi connectivity index (χ4n) is 7.06. The summed E-state index contributed by atoms with van der Waals surface area (Å²) in [7, 11) is 0. The van der Waals surface area contributed by atoms with Crippen molar-refractivity contribution in [2.75, 3.05) is 11.5 Å². The number of carboxylic acid groups (broad SMARTS) is 2. The Balaban J connectivity index is 0.000000427. The zero-order chi connectivity index (χ0) is 47.4. The Labute approximate surface area is 390 Å². The van der Waals surface area contributed by atoms with Crippen LogP contribution < -0.4 is 31.2 Å². The number of aromatic carboxylic acids is 2. The fourth-order valence-corrected chi connectivity index (χ4v) is 7.29. The number of anilines is 2. The third-order valence-electron chi connectivity index (χ3n) is 9.93. The first-order valence-corrected chi connectivity index (χ1v) is 20.7. The number of carboxylic acids is 2. The molecule has 0 atom stereocenters. The van der Waals surface area contributed by atoms with Gasteiger partial charge in [0.1, 0.15) is 23.0 Å². The van der Waals surface area contributed by atoms with Crippen molar-refractivity contribution in [3.05, 3.63) is 103 Å². The number of carbonyl (C=O) groups is 4. The van der Waals surface area contributed by atoms with E-state index in [0.717, 1.165) is 0 Å².